The summed E-state index contributed by atoms with van der Waals surface area (Å²) in [4.78, 5) is 0. The van der Waals surface area contributed by atoms with E-state index in [0.29, 0.717) is 0 Å². The molecule has 0 aliphatic rings. The van der Waals surface area contributed by atoms with Gasteiger partial charge in [0.2, 0.25) is 0 Å². The molecule has 0 spiro atoms. The maximum atomic E-state index is 2.51. The van der Waals surface area contributed by atoms with E-state index in [0.717, 1.165) is 15.6 Å². The van der Waals surface area contributed by atoms with Crippen LogP contribution in [0.25, 0.3) is 0 Å². The highest BCUT2D eigenvalue weighted by Crippen LogP contribution is 2.28. The van der Waals surface area contributed by atoms with Crippen molar-refractivity contribution in [2.75, 3.05) is 0 Å². The van der Waals surface area contributed by atoms with Crippen molar-refractivity contribution in [3.8, 4) is 0 Å². The third-order valence-electron chi connectivity index (χ3n) is 5.74. The number of rotatable bonds is 7. The first-order valence-corrected chi connectivity index (χ1v) is 13.2. The van der Waals surface area contributed by atoms with Crippen LogP contribution in [0.5, 0.6) is 0 Å². The standard InChI is InChI=1S/C28H27Si2/c1-23-18-20-25(21-19-23)28(2,29-22-24-12-6-3-7-13-24)30(26-14-8-4-9-15-26)27-16-10-5-11-17-27/h3-21H,22H2,1-2H3. The minimum Gasteiger partial charge on any atom is -0.0628 e. The Morgan fingerprint density at radius 1 is 0.633 bits per heavy atom. The summed E-state index contributed by atoms with van der Waals surface area (Å²) in [6, 6.07) is 43.7. The Morgan fingerprint density at radius 2 is 1.10 bits per heavy atom. The summed E-state index contributed by atoms with van der Waals surface area (Å²) >= 11 is 0. The number of aryl methyl sites for hydroxylation is 1. The van der Waals surface area contributed by atoms with Gasteiger partial charge in [-0.3, -0.25) is 0 Å². The molecule has 0 nitrogen and oxygen atoms in total. The fraction of sp³-hybridized carbons (Fsp3) is 0.143. The third kappa shape index (κ3) is 4.56. The van der Waals surface area contributed by atoms with Gasteiger partial charge in [0.15, 0.2) is 0 Å². The molecule has 4 aromatic rings. The molecule has 1 unspecified atom stereocenters. The fourth-order valence-electron chi connectivity index (χ4n) is 4.05. The fourth-order valence-corrected chi connectivity index (χ4v) is 10.0. The summed E-state index contributed by atoms with van der Waals surface area (Å²) in [6.07, 6.45) is 0. The van der Waals surface area contributed by atoms with E-state index in [-0.39, 0.29) is 4.66 Å². The molecule has 3 radical (unpaired) electrons. The molecule has 0 bridgehead atoms. The molecule has 0 heterocycles. The monoisotopic (exact) mass is 419 g/mol. The van der Waals surface area contributed by atoms with Gasteiger partial charge in [-0.1, -0.05) is 144 Å². The summed E-state index contributed by atoms with van der Waals surface area (Å²) in [5.74, 6) is 0. The summed E-state index contributed by atoms with van der Waals surface area (Å²) in [5, 5.41) is 2.97. The lowest BCUT2D eigenvalue weighted by Crippen LogP contribution is -2.60. The Labute approximate surface area is 185 Å². The van der Waals surface area contributed by atoms with Crippen LogP contribution >= 0.6 is 0 Å². The van der Waals surface area contributed by atoms with Crippen molar-refractivity contribution in [2.24, 2.45) is 0 Å². The molecular weight excluding hydrogens is 392 g/mol. The zero-order valence-electron chi connectivity index (χ0n) is 17.7. The van der Waals surface area contributed by atoms with Gasteiger partial charge >= 0.3 is 0 Å². The van der Waals surface area contributed by atoms with E-state index in [1.54, 1.807) is 0 Å². The molecule has 0 aromatic heterocycles. The normalized spacial score (nSPS) is 13.2. The van der Waals surface area contributed by atoms with E-state index in [2.05, 4.69) is 129 Å². The molecule has 0 fully saturated rings. The Kier molecular flexibility index (Phi) is 6.46. The van der Waals surface area contributed by atoms with Gasteiger partial charge in [0.1, 0.15) is 8.80 Å². The minimum atomic E-state index is -1.06. The molecule has 0 aliphatic heterocycles. The first-order valence-electron chi connectivity index (χ1n) is 10.5. The Morgan fingerprint density at radius 3 is 1.60 bits per heavy atom. The second-order valence-corrected chi connectivity index (χ2v) is 13.0. The van der Waals surface area contributed by atoms with Gasteiger partial charge in [0.25, 0.3) is 0 Å². The van der Waals surface area contributed by atoms with Crippen molar-refractivity contribution in [1.29, 1.82) is 0 Å². The molecule has 0 saturated carbocycles. The second-order valence-electron chi connectivity index (χ2n) is 7.94. The van der Waals surface area contributed by atoms with Gasteiger partial charge in [-0.05, 0) is 23.2 Å². The van der Waals surface area contributed by atoms with Crippen molar-refractivity contribution in [3.05, 3.63) is 132 Å². The van der Waals surface area contributed by atoms with E-state index >= 15 is 0 Å². The Balaban J connectivity index is 1.83. The van der Waals surface area contributed by atoms with Crippen LogP contribution in [0, 0.1) is 6.92 Å². The first-order chi connectivity index (χ1) is 14.7. The highest BCUT2D eigenvalue weighted by atomic mass is 28.3. The maximum Gasteiger partial charge on any atom is 0.128 e. The van der Waals surface area contributed by atoms with E-state index in [1.807, 2.05) is 0 Å². The summed E-state index contributed by atoms with van der Waals surface area (Å²) in [5.41, 5.74) is 4.21. The molecule has 0 N–H and O–H groups in total. The van der Waals surface area contributed by atoms with Crippen LogP contribution in [0.1, 0.15) is 23.6 Å². The smallest absolute Gasteiger partial charge is 0.0628 e. The Bertz CT molecular complexity index is 1000. The molecule has 1 atom stereocenters. The molecule has 0 saturated heterocycles. The van der Waals surface area contributed by atoms with E-state index < -0.39 is 8.80 Å². The minimum absolute atomic E-state index is 0.0942. The zero-order chi connectivity index (χ0) is 20.8. The predicted molar refractivity (Wildman–Crippen MR) is 132 cm³/mol. The number of hydrogen-bond donors (Lipinski definition) is 0. The van der Waals surface area contributed by atoms with Gasteiger partial charge in [0, 0.05) is 0 Å². The average Bonchev–Trinajstić information content (AvgIpc) is 2.80. The largest absolute Gasteiger partial charge is 0.128 e. The lowest BCUT2D eigenvalue weighted by atomic mass is 10.1. The van der Waals surface area contributed by atoms with Crippen LogP contribution in [0.2, 0.25) is 0 Å². The molecule has 0 amide bonds. The van der Waals surface area contributed by atoms with Gasteiger partial charge in [-0.15, -0.1) is 0 Å². The number of benzene rings is 4. The summed E-state index contributed by atoms with van der Waals surface area (Å²) < 4.78 is 0.0942. The quantitative estimate of drug-likeness (QED) is 0.371. The van der Waals surface area contributed by atoms with Gasteiger partial charge in [-0.25, -0.2) is 0 Å². The van der Waals surface area contributed by atoms with Crippen molar-refractivity contribution < 1.29 is 0 Å². The summed E-state index contributed by atoms with van der Waals surface area (Å²) in [7, 11) is -0.254. The lowest BCUT2D eigenvalue weighted by Gasteiger charge is -2.38. The first kappa shape index (κ1) is 20.6. The molecule has 4 aromatic carbocycles. The summed E-state index contributed by atoms with van der Waals surface area (Å²) in [6.45, 7) is 4.68. The van der Waals surface area contributed by atoms with E-state index in [4.69, 9.17) is 0 Å². The predicted octanol–water partition coefficient (Wildman–Crippen LogP) is 4.96. The lowest BCUT2D eigenvalue weighted by molar-refractivity contribution is 0.922. The van der Waals surface area contributed by atoms with Crippen LogP contribution in [-0.4, -0.2) is 18.3 Å². The zero-order valence-corrected chi connectivity index (χ0v) is 19.7. The topological polar surface area (TPSA) is 0 Å². The van der Waals surface area contributed by atoms with Crippen LogP contribution in [-0.2, 0) is 10.7 Å². The van der Waals surface area contributed by atoms with Crippen molar-refractivity contribution in [2.45, 2.75) is 24.6 Å². The van der Waals surface area contributed by atoms with Crippen molar-refractivity contribution in [1.82, 2.24) is 0 Å². The van der Waals surface area contributed by atoms with Crippen molar-refractivity contribution >= 4 is 28.7 Å². The molecule has 2 heteroatoms. The van der Waals surface area contributed by atoms with Gasteiger partial charge < -0.3 is 0 Å². The number of hydrogen-bond acceptors (Lipinski definition) is 0. The van der Waals surface area contributed by atoms with Crippen LogP contribution in [0.15, 0.2) is 115 Å². The highest BCUT2D eigenvalue weighted by Gasteiger charge is 2.40. The van der Waals surface area contributed by atoms with Crippen molar-refractivity contribution in [3.63, 3.8) is 0 Å². The third-order valence-corrected chi connectivity index (χ3v) is 11.7. The molecule has 0 aliphatic carbocycles. The van der Waals surface area contributed by atoms with Crippen LogP contribution < -0.4 is 10.4 Å². The molecule has 147 valence electrons. The van der Waals surface area contributed by atoms with Gasteiger partial charge in [-0.2, -0.15) is 0 Å². The van der Waals surface area contributed by atoms with E-state index in [1.165, 1.54) is 27.1 Å². The Hall–Kier alpha value is -2.69. The van der Waals surface area contributed by atoms with Crippen LogP contribution in [0.3, 0.4) is 0 Å². The highest BCUT2D eigenvalue weighted by molar-refractivity contribution is 6.93. The van der Waals surface area contributed by atoms with Gasteiger partial charge in [0.05, 0.1) is 9.52 Å². The van der Waals surface area contributed by atoms with E-state index in [9.17, 15) is 0 Å². The second kappa shape index (κ2) is 9.42. The molecule has 4 rings (SSSR count). The maximum absolute atomic E-state index is 2.51. The SMILES string of the molecule is Cc1ccc(C(C)([Si]Cc2ccccc2)[Si](c2ccccc2)c2ccccc2)cc1. The average molecular weight is 420 g/mol. The van der Waals surface area contributed by atoms with Crippen LogP contribution in [0.4, 0.5) is 0 Å². The molecular formula is C28H27Si2. The molecule has 30 heavy (non-hydrogen) atoms.